The van der Waals surface area contributed by atoms with E-state index in [1.165, 1.54) is 6.07 Å². The highest BCUT2D eigenvalue weighted by molar-refractivity contribution is 8.18. The summed E-state index contributed by atoms with van der Waals surface area (Å²) in [7, 11) is 0. The Hall–Kier alpha value is -3.15. The van der Waals surface area contributed by atoms with Crippen molar-refractivity contribution in [2.45, 2.75) is 18.9 Å². The van der Waals surface area contributed by atoms with Crippen molar-refractivity contribution in [1.29, 1.82) is 0 Å². The van der Waals surface area contributed by atoms with Crippen LogP contribution in [0.5, 0.6) is 11.5 Å². The zero-order valence-corrected chi connectivity index (χ0v) is 15.9. The van der Waals surface area contributed by atoms with Gasteiger partial charge in [0.2, 0.25) is 0 Å². The van der Waals surface area contributed by atoms with Gasteiger partial charge in [0.1, 0.15) is 5.56 Å². The number of phenolic OH excluding ortho intramolecular Hbond substituents is 2. The number of aromatic hydroxyl groups is 2. The van der Waals surface area contributed by atoms with Crippen molar-refractivity contribution in [1.82, 2.24) is 4.90 Å². The summed E-state index contributed by atoms with van der Waals surface area (Å²) in [5.74, 6) is -3.51. The van der Waals surface area contributed by atoms with Crippen molar-refractivity contribution in [3.05, 3.63) is 63.6 Å². The van der Waals surface area contributed by atoms with Crippen LogP contribution in [0.25, 0.3) is 6.08 Å². The van der Waals surface area contributed by atoms with Gasteiger partial charge in [-0.05, 0) is 47.2 Å². The van der Waals surface area contributed by atoms with Crippen LogP contribution in [-0.2, 0) is 23.7 Å². The highest BCUT2D eigenvalue weighted by Crippen LogP contribution is 2.42. The molecule has 164 valence electrons. The third kappa shape index (κ3) is 4.63. The highest BCUT2D eigenvalue weighted by atomic mass is 32.2. The highest BCUT2D eigenvalue weighted by Gasteiger charge is 2.39. The molecular formula is C19H11F6NO4S. The number of hydrogen-bond acceptors (Lipinski definition) is 5. The second-order valence-corrected chi connectivity index (χ2v) is 7.35. The molecule has 0 spiro atoms. The molecule has 1 aliphatic rings. The molecule has 1 saturated heterocycles. The number of nitrogens with zero attached hydrogens (tertiary/aromatic N) is 1. The monoisotopic (exact) mass is 463 g/mol. The molecule has 2 aromatic carbocycles. The molecular weight excluding hydrogens is 452 g/mol. The average Bonchev–Trinajstić information content (AvgIpc) is 2.90. The standard InChI is InChI=1S/C19H11F6NO4S/c20-18(21,22)11-4-2-1-3-10(11)8-26-16(29)14(31-17(26)30)7-9-5-12(19(23,24)25)15(28)13(27)6-9/h1-7,27-28H,8H2/b14-7-. The summed E-state index contributed by atoms with van der Waals surface area (Å²) in [5.41, 5.74) is -3.27. The molecule has 2 N–H and O–H groups in total. The summed E-state index contributed by atoms with van der Waals surface area (Å²) < 4.78 is 78.4. The third-order valence-electron chi connectivity index (χ3n) is 4.24. The summed E-state index contributed by atoms with van der Waals surface area (Å²) in [6, 6.07) is 5.55. The van der Waals surface area contributed by atoms with Crippen LogP contribution in [0.3, 0.4) is 0 Å². The lowest BCUT2D eigenvalue weighted by Gasteiger charge is -2.17. The minimum Gasteiger partial charge on any atom is -0.504 e. The van der Waals surface area contributed by atoms with Crippen LogP contribution >= 0.6 is 11.8 Å². The number of phenols is 2. The number of imide groups is 1. The van der Waals surface area contributed by atoms with Gasteiger partial charge in [-0.2, -0.15) is 26.3 Å². The van der Waals surface area contributed by atoms with Crippen molar-refractivity contribution < 1.29 is 46.1 Å². The Morgan fingerprint density at radius 2 is 1.55 bits per heavy atom. The number of halogens is 6. The predicted octanol–water partition coefficient (Wildman–Crippen LogP) is 5.37. The van der Waals surface area contributed by atoms with Gasteiger partial charge >= 0.3 is 12.4 Å². The zero-order chi connectivity index (χ0) is 23.1. The lowest BCUT2D eigenvalue weighted by atomic mass is 10.1. The van der Waals surface area contributed by atoms with E-state index in [1.54, 1.807) is 0 Å². The summed E-state index contributed by atoms with van der Waals surface area (Å²) in [6.07, 6.45) is -8.85. The Bertz CT molecular complexity index is 1090. The molecule has 5 nitrogen and oxygen atoms in total. The van der Waals surface area contributed by atoms with Crippen LogP contribution in [0.1, 0.15) is 22.3 Å². The fourth-order valence-electron chi connectivity index (χ4n) is 2.83. The van der Waals surface area contributed by atoms with E-state index in [-0.39, 0.29) is 16.0 Å². The molecule has 31 heavy (non-hydrogen) atoms. The second kappa shape index (κ2) is 7.84. The first-order chi connectivity index (χ1) is 14.3. The molecule has 12 heteroatoms. The van der Waals surface area contributed by atoms with Gasteiger partial charge in [-0.1, -0.05) is 18.2 Å². The number of hydrogen-bond donors (Lipinski definition) is 2. The van der Waals surface area contributed by atoms with Crippen LogP contribution < -0.4 is 0 Å². The molecule has 0 radical (unpaired) electrons. The summed E-state index contributed by atoms with van der Waals surface area (Å²) >= 11 is 0.325. The van der Waals surface area contributed by atoms with Crippen molar-refractivity contribution >= 4 is 29.0 Å². The normalized spacial score (nSPS) is 16.5. The summed E-state index contributed by atoms with van der Waals surface area (Å²) in [6.45, 7) is -0.688. The van der Waals surface area contributed by atoms with Crippen LogP contribution in [0.4, 0.5) is 31.1 Å². The molecule has 1 fully saturated rings. The second-order valence-electron chi connectivity index (χ2n) is 6.36. The molecule has 2 amide bonds. The van der Waals surface area contributed by atoms with Crippen molar-refractivity contribution in [3.8, 4) is 11.5 Å². The third-order valence-corrected chi connectivity index (χ3v) is 5.15. The first kappa shape index (κ1) is 22.5. The van der Waals surface area contributed by atoms with Gasteiger partial charge < -0.3 is 10.2 Å². The lowest BCUT2D eigenvalue weighted by molar-refractivity contribution is -0.139. The largest absolute Gasteiger partial charge is 0.504 e. The van der Waals surface area contributed by atoms with Crippen molar-refractivity contribution in [3.63, 3.8) is 0 Å². The molecule has 2 aromatic rings. The molecule has 0 aromatic heterocycles. The smallest absolute Gasteiger partial charge is 0.420 e. The van der Waals surface area contributed by atoms with Crippen LogP contribution in [0.15, 0.2) is 41.3 Å². The van der Waals surface area contributed by atoms with Gasteiger partial charge in [-0.25, -0.2) is 0 Å². The van der Waals surface area contributed by atoms with Gasteiger partial charge in [0.05, 0.1) is 17.0 Å². The zero-order valence-electron chi connectivity index (χ0n) is 15.1. The first-order valence-electron chi connectivity index (χ1n) is 8.32. The van der Waals surface area contributed by atoms with Crippen LogP contribution in [0, 0.1) is 0 Å². The molecule has 1 aliphatic heterocycles. The van der Waals surface area contributed by atoms with Crippen LogP contribution in [-0.4, -0.2) is 26.3 Å². The Morgan fingerprint density at radius 3 is 2.16 bits per heavy atom. The maximum atomic E-state index is 13.1. The molecule has 1 heterocycles. The fraction of sp³-hybridized carbons (Fsp3) is 0.158. The van der Waals surface area contributed by atoms with Crippen LogP contribution in [0.2, 0.25) is 0 Å². The van der Waals surface area contributed by atoms with E-state index < -0.39 is 52.7 Å². The summed E-state index contributed by atoms with van der Waals surface area (Å²) in [4.78, 5) is 24.9. The molecule has 0 aliphatic carbocycles. The maximum Gasteiger partial charge on any atom is 0.420 e. The van der Waals surface area contributed by atoms with E-state index >= 15 is 0 Å². The van der Waals surface area contributed by atoms with E-state index in [1.807, 2.05) is 0 Å². The van der Waals surface area contributed by atoms with E-state index in [9.17, 15) is 46.1 Å². The quantitative estimate of drug-likeness (QED) is 0.364. The summed E-state index contributed by atoms with van der Waals surface area (Å²) in [5, 5.41) is 18.0. The first-order valence-corrected chi connectivity index (χ1v) is 9.14. The van der Waals surface area contributed by atoms with Gasteiger partial charge in [0.15, 0.2) is 11.5 Å². The molecule has 0 bridgehead atoms. The minimum absolute atomic E-state index is 0.325. The lowest BCUT2D eigenvalue weighted by Crippen LogP contribution is -2.28. The number of carbonyl (C=O) groups excluding carboxylic acids is 2. The van der Waals surface area contributed by atoms with Gasteiger partial charge in [0.25, 0.3) is 11.1 Å². The molecule has 3 rings (SSSR count). The van der Waals surface area contributed by atoms with Gasteiger partial charge in [0, 0.05) is 0 Å². The number of alkyl halides is 6. The number of benzene rings is 2. The van der Waals surface area contributed by atoms with E-state index in [2.05, 4.69) is 0 Å². The molecule has 0 atom stereocenters. The number of rotatable bonds is 3. The number of amides is 2. The number of carbonyl (C=O) groups is 2. The number of thioether (sulfide) groups is 1. The van der Waals surface area contributed by atoms with Crippen molar-refractivity contribution in [2.24, 2.45) is 0 Å². The Morgan fingerprint density at radius 1 is 0.935 bits per heavy atom. The Kier molecular flexibility index (Phi) is 5.70. The maximum absolute atomic E-state index is 13.1. The molecule has 0 unspecified atom stereocenters. The average molecular weight is 463 g/mol. The van der Waals surface area contributed by atoms with Gasteiger partial charge in [-0.3, -0.25) is 14.5 Å². The SMILES string of the molecule is O=C1S/C(=C\c2cc(O)c(O)c(C(F)(F)F)c2)C(=O)N1Cc1ccccc1C(F)(F)F. The predicted molar refractivity (Wildman–Crippen MR) is 97.7 cm³/mol. The van der Waals surface area contributed by atoms with Crippen molar-refractivity contribution in [2.75, 3.05) is 0 Å². The van der Waals surface area contributed by atoms with Gasteiger partial charge in [-0.15, -0.1) is 0 Å². The Labute approximate surface area is 174 Å². The Balaban J connectivity index is 1.93. The topological polar surface area (TPSA) is 77.8 Å². The van der Waals surface area contributed by atoms with E-state index in [4.69, 9.17) is 0 Å². The molecule has 0 saturated carbocycles. The van der Waals surface area contributed by atoms with E-state index in [0.29, 0.717) is 22.7 Å². The fourth-order valence-corrected chi connectivity index (χ4v) is 3.67. The van der Waals surface area contributed by atoms with E-state index in [0.717, 1.165) is 30.3 Å². The minimum atomic E-state index is -5.01.